The molecule has 2 N–H and O–H groups in total. The van der Waals surface area contributed by atoms with Gasteiger partial charge >= 0.3 is 5.97 Å². The highest BCUT2D eigenvalue weighted by molar-refractivity contribution is 6.29. The van der Waals surface area contributed by atoms with Gasteiger partial charge in [0.25, 0.3) is 5.91 Å². The number of pyridine rings is 1. The number of carboxylic acid groups (broad SMARTS) is 1. The van der Waals surface area contributed by atoms with Crippen molar-refractivity contribution in [3.8, 4) is 0 Å². The topological polar surface area (TPSA) is 79.3 Å². The summed E-state index contributed by atoms with van der Waals surface area (Å²) in [4.78, 5) is 27.4. The van der Waals surface area contributed by atoms with Crippen molar-refractivity contribution < 1.29 is 14.7 Å². The van der Waals surface area contributed by atoms with Gasteiger partial charge in [-0.3, -0.25) is 9.59 Å². The minimum atomic E-state index is -0.851. The molecule has 1 aliphatic rings. The molecule has 1 amide bonds. The monoisotopic (exact) mass is 296 g/mol. The summed E-state index contributed by atoms with van der Waals surface area (Å²) in [6.07, 6.45) is 4.11. The molecule has 5 nitrogen and oxygen atoms in total. The highest BCUT2D eigenvalue weighted by Gasteiger charge is 2.30. The fourth-order valence-electron chi connectivity index (χ4n) is 2.55. The standard InChI is InChI=1S/C14H17ClN2O3/c15-12-8-4-7-11(16-12)13(18)17-10-6-3-1-2-5-9(10)14(19)20/h4,7-10H,1-3,5-6H2,(H,17,18)(H,19,20). The number of aliphatic carboxylic acids is 1. The Kier molecular flexibility index (Phi) is 4.95. The largest absolute Gasteiger partial charge is 0.481 e. The molecule has 2 unspecified atom stereocenters. The number of aromatic nitrogens is 1. The van der Waals surface area contributed by atoms with Crippen molar-refractivity contribution in [1.29, 1.82) is 0 Å². The molecule has 20 heavy (non-hydrogen) atoms. The van der Waals surface area contributed by atoms with Crippen molar-refractivity contribution in [1.82, 2.24) is 10.3 Å². The van der Waals surface area contributed by atoms with E-state index in [0.717, 1.165) is 19.3 Å². The molecule has 6 heteroatoms. The Hall–Kier alpha value is -1.62. The van der Waals surface area contributed by atoms with Gasteiger partial charge in [-0.2, -0.15) is 0 Å². The summed E-state index contributed by atoms with van der Waals surface area (Å²) in [5.74, 6) is -1.75. The van der Waals surface area contributed by atoms with Crippen LogP contribution in [0, 0.1) is 5.92 Å². The Morgan fingerprint density at radius 3 is 2.70 bits per heavy atom. The fourth-order valence-corrected chi connectivity index (χ4v) is 2.72. The third kappa shape index (κ3) is 3.70. The van der Waals surface area contributed by atoms with Crippen LogP contribution in [0.2, 0.25) is 5.15 Å². The first-order valence-corrected chi connectivity index (χ1v) is 7.12. The average Bonchev–Trinajstić information content (AvgIpc) is 2.64. The number of hydrogen-bond donors (Lipinski definition) is 2. The Morgan fingerprint density at radius 1 is 1.25 bits per heavy atom. The minimum absolute atomic E-state index is 0.214. The maximum Gasteiger partial charge on any atom is 0.308 e. The first-order chi connectivity index (χ1) is 9.58. The molecule has 108 valence electrons. The highest BCUT2D eigenvalue weighted by Crippen LogP contribution is 2.24. The molecule has 1 aliphatic carbocycles. The molecule has 0 saturated heterocycles. The summed E-state index contributed by atoms with van der Waals surface area (Å²) < 4.78 is 0. The first kappa shape index (κ1) is 14.8. The molecule has 0 aliphatic heterocycles. The van der Waals surface area contributed by atoms with E-state index in [0.29, 0.717) is 12.8 Å². The molecule has 2 atom stereocenters. The molecule has 1 saturated carbocycles. The molecule has 0 spiro atoms. The van der Waals surface area contributed by atoms with Gasteiger partial charge in [0.2, 0.25) is 0 Å². The Morgan fingerprint density at radius 2 is 2.00 bits per heavy atom. The average molecular weight is 297 g/mol. The lowest BCUT2D eigenvalue weighted by atomic mass is 9.95. The van der Waals surface area contributed by atoms with Gasteiger partial charge in [0, 0.05) is 6.04 Å². The van der Waals surface area contributed by atoms with Gasteiger partial charge in [-0.25, -0.2) is 4.98 Å². The van der Waals surface area contributed by atoms with Crippen molar-refractivity contribution in [3.63, 3.8) is 0 Å². The van der Waals surface area contributed by atoms with Crippen LogP contribution in [0.15, 0.2) is 18.2 Å². The maximum absolute atomic E-state index is 12.1. The first-order valence-electron chi connectivity index (χ1n) is 6.74. The van der Waals surface area contributed by atoms with Gasteiger partial charge < -0.3 is 10.4 Å². The predicted molar refractivity (Wildman–Crippen MR) is 74.7 cm³/mol. The fraction of sp³-hybridized carbons (Fsp3) is 0.500. The van der Waals surface area contributed by atoms with Gasteiger partial charge in [-0.15, -0.1) is 0 Å². The van der Waals surface area contributed by atoms with E-state index in [9.17, 15) is 14.7 Å². The van der Waals surface area contributed by atoms with Gasteiger partial charge in [0.1, 0.15) is 10.8 Å². The molecule has 1 fully saturated rings. The highest BCUT2D eigenvalue weighted by atomic mass is 35.5. The lowest BCUT2D eigenvalue weighted by Crippen LogP contribution is -2.43. The summed E-state index contributed by atoms with van der Waals surface area (Å²) in [5, 5.41) is 12.3. The number of carboxylic acids is 1. The SMILES string of the molecule is O=C(NC1CCCCCC1C(=O)O)c1cccc(Cl)n1. The molecule has 1 aromatic rings. The van der Waals surface area contributed by atoms with E-state index >= 15 is 0 Å². The minimum Gasteiger partial charge on any atom is -0.481 e. The van der Waals surface area contributed by atoms with Crippen LogP contribution in [0.4, 0.5) is 0 Å². The summed E-state index contributed by atoms with van der Waals surface area (Å²) in [7, 11) is 0. The number of halogens is 1. The molecule has 0 radical (unpaired) electrons. The number of rotatable bonds is 3. The Balaban J connectivity index is 2.09. The van der Waals surface area contributed by atoms with Crippen LogP contribution >= 0.6 is 11.6 Å². The van der Waals surface area contributed by atoms with Gasteiger partial charge in [0.05, 0.1) is 5.92 Å². The van der Waals surface area contributed by atoms with Gasteiger partial charge in [-0.1, -0.05) is 36.9 Å². The quantitative estimate of drug-likeness (QED) is 0.663. The zero-order chi connectivity index (χ0) is 14.5. The van der Waals surface area contributed by atoms with E-state index in [1.807, 2.05) is 0 Å². The van der Waals surface area contributed by atoms with Crippen LogP contribution in [0.25, 0.3) is 0 Å². The summed E-state index contributed by atoms with van der Waals surface area (Å²) >= 11 is 5.75. The number of hydrogen-bond acceptors (Lipinski definition) is 3. The zero-order valence-corrected chi connectivity index (χ0v) is 11.8. The molecule has 1 heterocycles. The van der Waals surface area contributed by atoms with Gasteiger partial charge in [0.15, 0.2) is 0 Å². The van der Waals surface area contributed by atoms with E-state index in [-0.39, 0.29) is 22.8 Å². The van der Waals surface area contributed by atoms with E-state index < -0.39 is 11.9 Å². The van der Waals surface area contributed by atoms with Crippen LogP contribution in [-0.2, 0) is 4.79 Å². The van der Waals surface area contributed by atoms with Crippen molar-refractivity contribution >= 4 is 23.5 Å². The molecule has 0 aromatic carbocycles. The second kappa shape index (κ2) is 6.70. The second-order valence-corrected chi connectivity index (χ2v) is 5.40. The number of carbonyl (C=O) groups excluding carboxylic acids is 1. The maximum atomic E-state index is 12.1. The van der Waals surface area contributed by atoms with Crippen molar-refractivity contribution in [3.05, 3.63) is 29.0 Å². The third-order valence-corrected chi connectivity index (χ3v) is 3.81. The lowest BCUT2D eigenvalue weighted by Gasteiger charge is -2.22. The number of carbonyl (C=O) groups is 2. The smallest absolute Gasteiger partial charge is 0.308 e. The Bertz CT molecular complexity index is 507. The normalized spacial score (nSPS) is 22.9. The third-order valence-electron chi connectivity index (χ3n) is 3.60. The molecular formula is C14H17ClN2O3. The molecule has 1 aromatic heterocycles. The lowest BCUT2D eigenvalue weighted by molar-refractivity contribution is -0.142. The van der Waals surface area contributed by atoms with E-state index in [1.165, 1.54) is 0 Å². The predicted octanol–water partition coefficient (Wildman–Crippen LogP) is 2.50. The van der Waals surface area contributed by atoms with Crippen molar-refractivity contribution in [2.24, 2.45) is 5.92 Å². The number of amides is 1. The van der Waals surface area contributed by atoms with Crippen LogP contribution in [0.1, 0.15) is 42.6 Å². The van der Waals surface area contributed by atoms with E-state index in [2.05, 4.69) is 10.3 Å². The van der Waals surface area contributed by atoms with E-state index in [4.69, 9.17) is 11.6 Å². The van der Waals surface area contributed by atoms with Crippen molar-refractivity contribution in [2.45, 2.75) is 38.1 Å². The number of nitrogens with zero attached hydrogens (tertiary/aromatic N) is 1. The molecule has 0 bridgehead atoms. The van der Waals surface area contributed by atoms with Gasteiger partial charge in [-0.05, 0) is 25.0 Å². The van der Waals surface area contributed by atoms with Crippen LogP contribution in [0.5, 0.6) is 0 Å². The summed E-state index contributed by atoms with van der Waals surface area (Å²) in [6, 6.07) is 4.45. The zero-order valence-electron chi connectivity index (χ0n) is 11.0. The molecular weight excluding hydrogens is 280 g/mol. The van der Waals surface area contributed by atoms with Crippen LogP contribution < -0.4 is 5.32 Å². The van der Waals surface area contributed by atoms with Crippen LogP contribution in [0.3, 0.4) is 0 Å². The second-order valence-electron chi connectivity index (χ2n) is 5.01. The number of nitrogens with one attached hydrogen (secondary N) is 1. The van der Waals surface area contributed by atoms with E-state index in [1.54, 1.807) is 18.2 Å². The van der Waals surface area contributed by atoms with Crippen molar-refractivity contribution in [2.75, 3.05) is 0 Å². The summed E-state index contributed by atoms with van der Waals surface area (Å²) in [6.45, 7) is 0. The molecule has 2 rings (SSSR count). The summed E-state index contributed by atoms with van der Waals surface area (Å²) in [5.41, 5.74) is 0.214. The van der Waals surface area contributed by atoms with Crippen LogP contribution in [-0.4, -0.2) is 28.0 Å². The Labute approximate surface area is 122 Å².